The van der Waals surface area contributed by atoms with Gasteiger partial charge in [0.05, 0.1) is 12.1 Å². The zero-order valence-corrected chi connectivity index (χ0v) is 13.9. The van der Waals surface area contributed by atoms with E-state index in [2.05, 4.69) is 29.8 Å². The lowest BCUT2D eigenvalue weighted by atomic mass is 10.0. The molecule has 0 aromatic heterocycles. The van der Waals surface area contributed by atoms with E-state index in [1.807, 2.05) is 12.1 Å². The molecule has 21 heavy (non-hydrogen) atoms. The fourth-order valence-corrected chi connectivity index (χ4v) is 3.47. The molecule has 1 aromatic carbocycles. The van der Waals surface area contributed by atoms with Gasteiger partial charge in [-0.25, -0.2) is 0 Å². The maximum Gasteiger partial charge on any atom is 0.137 e. The molecule has 5 heteroatoms. The van der Waals surface area contributed by atoms with Crippen LogP contribution in [0.3, 0.4) is 0 Å². The van der Waals surface area contributed by atoms with Crippen LogP contribution >= 0.6 is 11.6 Å². The van der Waals surface area contributed by atoms with Crippen molar-refractivity contribution in [3.05, 3.63) is 28.8 Å². The summed E-state index contributed by atoms with van der Waals surface area (Å²) in [4.78, 5) is 4.89. The highest BCUT2D eigenvalue weighted by atomic mass is 35.5. The highest BCUT2D eigenvalue weighted by molar-refractivity contribution is 6.32. The van der Waals surface area contributed by atoms with Gasteiger partial charge in [-0.1, -0.05) is 17.7 Å². The third kappa shape index (κ3) is 3.89. The summed E-state index contributed by atoms with van der Waals surface area (Å²) in [7, 11) is 3.82. The van der Waals surface area contributed by atoms with E-state index in [1.54, 1.807) is 7.11 Å². The minimum absolute atomic E-state index is 0.204. The smallest absolute Gasteiger partial charge is 0.137 e. The number of methoxy groups -OCH3 is 1. The SMILES string of the molecule is COc1ccc(C(CN)N2CCCN(C)CC2C)cc1Cl. The van der Waals surface area contributed by atoms with E-state index in [4.69, 9.17) is 22.1 Å². The van der Waals surface area contributed by atoms with Gasteiger partial charge in [0.15, 0.2) is 0 Å². The van der Waals surface area contributed by atoms with Crippen LogP contribution in [-0.4, -0.2) is 56.2 Å². The maximum absolute atomic E-state index is 6.27. The molecule has 0 saturated carbocycles. The first-order valence-electron chi connectivity index (χ1n) is 7.54. The molecule has 1 aromatic rings. The summed E-state index contributed by atoms with van der Waals surface area (Å²) in [6.07, 6.45) is 1.17. The summed E-state index contributed by atoms with van der Waals surface area (Å²) in [5.74, 6) is 0.708. The van der Waals surface area contributed by atoms with Crippen molar-refractivity contribution in [3.63, 3.8) is 0 Å². The van der Waals surface area contributed by atoms with Gasteiger partial charge in [-0.05, 0) is 44.6 Å². The van der Waals surface area contributed by atoms with E-state index in [1.165, 1.54) is 12.0 Å². The van der Waals surface area contributed by atoms with Crippen LogP contribution in [0.15, 0.2) is 18.2 Å². The van der Waals surface area contributed by atoms with E-state index in [0.29, 0.717) is 23.4 Å². The molecule has 1 fully saturated rings. The first kappa shape index (κ1) is 16.6. The predicted molar refractivity (Wildman–Crippen MR) is 88.1 cm³/mol. The van der Waals surface area contributed by atoms with Crippen LogP contribution in [-0.2, 0) is 0 Å². The molecule has 0 aliphatic carbocycles. The van der Waals surface area contributed by atoms with E-state index < -0.39 is 0 Å². The standard InChI is InChI=1S/C16H26ClN3O/c1-12-11-19(2)7-4-8-20(12)15(10-18)13-5-6-16(21-3)14(17)9-13/h5-6,9,12,15H,4,7-8,10-11,18H2,1-3H3. The number of rotatable bonds is 4. The topological polar surface area (TPSA) is 41.7 Å². The zero-order chi connectivity index (χ0) is 15.4. The van der Waals surface area contributed by atoms with Crippen LogP contribution in [0.25, 0.3) is 0 Å². The zero-order valence-electron chi connectivity index (χ0n) is 13.2. The molecule has 0 spiro atoms. The summed E-state index contributed by atoms with van der Waals surface area (Å²) in [5, 5.41) is 0.646. The molecule has 1 heterocycles. The van der Waals surface area contributed by atoms with Gasteiger partial charge < -0.3 is 15.4 Å². The molecule has 0 amide bonds. The number of nitrogens with two attached hydrogens (primary N) is 1. The average Bonchev–Trinajstić information content (AvgIpc) is 2.61. The minimum Gasteiger partial charge on any atom is -0.495 e. The van der Waals surface area contributed by atoms with Crippen molar-refractivity contribution in [3.8, 4) is 5.75 Å². The van der Waals surface area contributed by atoms with Crippen LogP contribution in [0.1, 0.15) is 24.9 Å². The van der Waals surface area contributed by atoms with Crippen LogP contribution in [0.5, 0.6) is 5.75 Å². The highest BCUT2D eigenvalue weighted by Gasteiger charge is 2.27. The van der Waals surface area contributed by atoms with Crippen LogP contribution in [0.2, 0.25) is 5.02 Å². The Morgan fingerprint density at radius 3 is 2.81 bits per heavy atom. The second kappa shape index (κ2) is 7.45. The Morgan fingerprint density at radius 2 is 2.19 bits per heavy atom. The van der Waals surface area contributed by atoms with Crippen molar-refractivity contribution >= 4 is 11.6 Å². The van der Waals surface area contributed by atoms with Gasteiger partial charge in [-0.3, -0.25) is 4.90 Å². The summed E-state index contributed by atoms with van der Waals surface area (Å²) >= 11 is 6.27. The molecule has 2 atom stereocenters. The van der Waals surface area contributed by atoms with Gasteiger partial charge in [-0.2, -0.15) is 0 Å². The molecular formula is C16H26ClN3O. The fraction of sp³-hybridized carbons (Fsp3) is 0.625. The monoisotopic (exact) mass is 311 g/mol. The Kier molecular flexibility index (Phi) is 5.88. The number of hydrogen-bond donors (Lipinski definition) is 1. The largest absolute Gasteiger partial charge is 0.495 e. The van der Waals surface area contributed by atoms with E-state index >= 15 is 0 Å². The summed E-state index contributed by atoms with van der Waals surface area (Å²) in [5.41, 5.74) is 7.24. The average molecular weight is 312 g/mol. The molecule has 0 bridgehead atoms. The Morgan fingerprint density at radius 1 is 1.43 bits per heavy atom. The van der Waals surface area contributed by atoms with Gasteiger partial charge in [0.1, 0.15) is 5.75 Å². The summed E-state index contributed by atoms with van der Waals surface area (Å²) in [6.45, 7) is 6.14. The van der Waals surface area contributed by atoms with E-state index in [-0.39, 0.29) is 6.04 Å². The minimum atomic E-state index is 0.204. The Labute approximate surface area is 132 Å². The van der Waals surface area contributed by atoms with Gasteiger partial charge in [0.25, 0.3) is 0 Å². The number of hydrogen-bond acceptors (Lipinski definition) is 4. The summed E-state index contributed by atoms with van der Waals surface area (Å²) < 4.78 is 5.23. The molecule has 1 aliphatic heterocycles. The lowest BCUT2D eigenvalue weighted by Crippen LogP contribution is -2.42. The van der Waals surface area contributed by atoms with Gasteiger partial charge in [0.2, 0.25) is 0 Å². The van der Waals surface area contributed by atoms with Crippen molar-refractivity contribution in [1.29, 1.82) is 0 Å². The molecular weight excluding hydrogens is 286 g/mol. The molecule has 0 radical (unpaired) electrons. The first-order chi connectivity index (χ1) is 10.1. The molecule has 118 valence electrons. The van der Waals surface area contributed by atoms with Gasteiger partial charge in [-0.15, -0.1) is 0 Å². The third-order valence-electron chi connectivity index (χ3n) is 4.28. The molecule has 1 aliphatic rings. The Hall–Kier alpha value is -0.810. The van der Waals surface area contributed by atoms with Crippen LogP contribution in [0, 0.1) is 0 Å². The second-order valence-corrected chi connectivity index (χ2v) is 6.26. The molecule has 4 nitrogen and oxygen atoms in total. The predicted octanol–water partition coefficient (Wildman–Crippen LogP) is 2.37. The number of benzene rings is 1. The van der Waals surface area contributed by atoms with E-state index in [9.17, 15) is 0 Å². The molecule has 2 N–H and O–H groups in total. The van der Waals surface area contributed by atoms with Crippen molar-refractivity contribution in [2.75, 3.05) is 40.3 Å². The normalized spacial score (nSPS) is 22.8. The molecule has 1 saturated heterocycles. The lowest BCUT2D eigenvalue weighted by molar-refractivity contribution is 0.146. The van der Waals surface area contributed by atoms with Crippen molar-refractivity contribution in [2.24, 2.45) is 5.73 Å². The number of ether oxygens (including phenoxy) is 1. The van der Waals surface area contributed by atoms with Crippen LogP contribution in [0.4, 0.5) is 0 Å². The Balaban J connectivity index is 2.23. The second-order valence-electron chi connectivity index (χ2n) is 5.85. The first-order valence-corrected chi connectivity index (χ1v) is 7.92. The van der Waals surface area contributed by atoms with Crippen molar-refractivity contribution in [1.82, 2.24) is 9.80 Å². The quantitative estimate of drug-likeness (QED) is 0.927. The lowest BCUT2D eigenvalue weighted by Gasteiger charge is -2.35. The van der Waals surface area contributed by atoms with Gasteiger partial charge in [0, 0.05) is 31.7 Å². The van der Waals surface area contributed by atoms with Crippen molar-refractivity contribution in [2.45, 2.75) is 25.4 Å². The number of halogens is 1. The maximum atomic E-state index is 6.27. The molecule has 2 rings (SSSR count). The van der Waals surface area contributed by atoms with E-state index in [0.717, 1.165) is 19.6 Å². The van der Waals surface area contributed by atoms with Crippen molar-refractivity contribution < 1.29 is 4.74 Å². The highest BCUT2D eigenvalue weighted by Crippen LogP contribution is 2.31. The molecule has 2 unspecified atom stereocenters. The van der Waals surface area contributed by atoms with Crippen LogP contribution < -0.4 is 10.5 Å². The number of likely N-dealkylation sites (N-methyl/N-ethyl adjacent to an activating group) is 1. The summed E-state index contributed by atoms with van der Waals surface area (Å²) in [6, 6.07) is 6.67. The van der Waals surface area contributed by atoms with Gasteiger partial charge >= 0.3 is 0 Å². The Bertz CT molecular complexity index is 469. The fourth-order valence-electron chi connectivity index (χ4n) is 3.21. The third-order valence-corrected chi connectivity index (χ3v) is 4.58. The number of nitrogens with zero attached hydrogens (tertiary/aromatic N) is 2.